The molecule has 0 bridgehead atoms. The van der Waals surface area contributed by atoms with E-state index >= 15 is 0 Å². The van der Waals surface area contributed by atoms with E-state index in [1.165, 1.54) is 11.5 Å². The van der Waals surface area contributed by atoms with Gasteiger partial charge in [-0.3, -0.25) is 4.68 Å². The number of rotatable bonds is 6. The van der Waals surface area contributed by atoms with Gasteiger partial charge in [-0.25, -0.2) is 4.98 Å². The lowest BCUT2D eigenvalue weighted by Gasteiger charge is -2.12. The quantitative estimate of drug-likeness (QED) is 0.830. The van der Waals surface area contributed by atoms with Gasteiger partial charge in [-0.2, -0.15) is 9.47 Å². The van der Waals surface area contributed by atoms with Crippen molar-refractivity contribution in [2.75, 3.05) is 19.0 Å². The van der Waals surface area contributed by atoms with Gasteiger partial charge in [0.05, 0.1) is 0 Å². The van der Waals surface area contributed by atoms with Gasteiger partial charge in [0.15, 0.2) is 5.82 Å². The van der Waals surface area contributed by atoms with E-state index in [1.54, 1.807) is 7.11 Å². The van der Waals surface area contributed by atoms with Crippen LogP contribution >= 0.6 is 11.5 Å². The summed E-state index contributed by atoms with van der Waals surface area (Å²) in [4.78, 5) is 4.49. The molecule has 2 rings (SSSR count). The van der Waals surface area contributed by atoms with Crippen LogP contribution in [0, 0.1) is 0 Å². The van der Waals surface area contributed by atoms with Crippen molar-refractivity contribution in [3.05, 3.63) is 18.1 Å². The van der Waals surface area contributed by atoms with Crippen LogP contribution < -0.4 is 5.32 Å². The average Bonchev–Trinajstić information content (AvgIpc) is 2.99. The van der Waals surface area contributed by atoms with Crippen LogP contribution in [0.4, 0.5) is 10.9 Å². The van der Waals surface area contributed by atoms with Crippen LogP contribution in [-0.4, -0.2) is 32.9 Å². The highest BCUT2D eigenvalue weighted by Gasteiger charge is 2.19. The molecule has 0 atom stereocenters. The van der Waals surface area contributed by atoms with E-state index < -0.39 is 0 Å². The van der Waals surface area contributed by atoms with Crippen LogP contribution in [0.5, 0.6) is 0 Å². The fourth-order valence-electron chi connectivity index (χ4n) is 1.61. The SMILES string of the molecule is COCCCn1ccc(Nc2nc(C(C)(C)C)ns2)n1. The van der Waals surface area contributed by atoms with Crippen LogP contribution in [0.25, 0.3) is 0 Å². The minimum atomic E-state index is -0.0318. The Bertz CT molecular complexity index is 543. The molecular formula is C13H21N5OS. The molecule has 0 aliphatic rings. The van der Waals surface area contributed by atoms with E-state index in [1.807, 2.05) is 16.9 Å². The Hall–Kier alpha value is -1.47. The first kappa shape index (κ1) is 14.9. The van der Waals surface area contributed by atoms with Gasteiger partial charge < -0.3 is 10.1 Å². The second-order valence-electron chi connectivity index (χ2n) is 5.61. The monoisotopic (exact) mass is 295 g/mol. The highest BCUT2D eigenvalue weighted by Crippen LogP contribution is 2.24. The topological polar surface area (TPSA) is 64.9 Å². The molecular weight excluding hydrogens is 274 g/mol. The minimum Gasteiger partial charge on any atom is -0.385 e. The molecule has 0 radical (unpaired) electrons. The van der Waals surface area contributed by atoms with Crippen molar-refractivity contribution in [1.29, 1.82) is 0 Å². The molecule has 0 saturated carbocycles. The Labute approximate surface area is 123 Å². The third kappa shape index (κ3) is 4.01. The second kappa shape index (κ2) is 6.32. The summed E-state index contributed by atoms with van der Waals surface area (Å²) in [6.07, 6.45) is 2.90. The molecule has 2 heterocycles. The van der Waals surface area contributed by atoms with Crippen LogP contribution in [-0.2, 0) is 16.7 Å². The van der Waals surface area contributed by atoms with Crippen molar-refractivity contribution in [1.82, 2.24) is 19.1 Å². The number of anilines is 2. The number of hydrogen-bond donors (Lipinski definition) is 1. The van der Waals surface area contributed by atoms with Gasteiger partial charge in [-0.1, -0.05) is 20.8 Å². The highest BCUT2D eigenvalue weighted by molar-refractivity contribution is 7.09. The summed E-state index contributed by atoms with van der Waals surface area (Å²) in [6, 6.07) is 1.94. The van der Waals surface area contributed by atoms with Crippen LogP contribution in [0.3, 0.4) is 0 Å². The number of hydrogen-bond acceptors (Lipinski definition) is 6. The predicted molar refractivity (Wildman–Crippen MR) is 80.6 cm³/mol. The fraction of sp³-hybridized carbons (Fsp3) is 0.615. The van der Waals surface area contributed by atoms with Gasteiger partial charge in [0.1, 0.15) is 5.82 Å². The van der Waals surface area contributed by atoms with E-state index in [4.69, 9.17) is 4.74 Å². The van der Waals surface area contributed by atoms with Crippen molar-refractivity contribution in [2.45, 2.75) is 39.2 Å². The molecule has 0 spiro atoms. The van der Waals surface area contributed by atoms with Crippen LogP contribution in [0.15, 0.2) is 12.3 Å². The molecule has 0 unspecified atom stereocenters. The first-order valence-electron chi connectivity index (χ1n) is 6.62. The van der Waals surface area contributed by atoms with Crippen LogP contribution in [0.2, 0.25) is 0 Å². The van der Waals surface area contributed by atoms with Gasteiger partial charge in [0.25, 0.3) is 0 Å². The Morgan fingerprint density at radius 1 is 1.40 bits per heavy atom. The lowest BCUT2D eigenvalue weighted by Crippen LogP contribution is -2.13. The van der Waals surface area contributed by atoms with E-state index in [0.29, 0.717) is 0 Å². The summed E-state index contributed by atoms with van der Waals surface area (Å²) < 4.78 is 11.3. The Morgan fingerprint density at radius 3 is 2.85 bits per heavy atom. The van der Waals surface area contributed by atoms with Crippen molar-refractivity contribution in [3.8, 4) is 0 Å². The van der Waals surface area contributed by atoms with E-state index in [9.17, 15) is 0 Å². The summed E-state index contributed by atoms with van der Waals surface area (Å²) in [7, 11) is 1.71. The standard InChI is InChI=1S/C13H21N5OS/c1-13(2,3)11-15-12(20-17-11)14-10-6-8-18(16-10)7-5-9-19-4/h6,8H,5,7,9H2,1-4H3,(H,14,15,16,17). The predicted octanol–water partition coefficient (Wildman–Crippen LogP) is 2.81. The maximum atomic E-state index is 5.03. The highest BCUT2D eigenvalue weighted by atomic mass is 32.1. The molecule has 0 aromatic carbocycles. The molecule has 20 heavy (non-hydrogen) atoms. The maximum Gasteiger partial charge on any atom is 0.208 e. The van der Waals surface area contributed by atoms with Gasteiger partial charge in [0.2, 0.25) is 5.13 Å². The molecule has 110 valence electrons. The van der Waals surface area contributed by atoms with E-state index in [-0.39, 0.29) is 5.41 Å². The molecule has 2 aromatic rings. The van der Waals surface area contributed by atoms with E-state index in [2.05, 4.69) is 40.5 Å². The van der Waals surface area contributed by atoms with Crippen LogP contribution in [0.1, 0.15) is 33.0 Å². The Kier molecular flexibility index (Phi) is 4.72. The largest absolute Gasteiger partial charge is 0.385 e. The number of ether oxygens (including phenoxy) is 1. The zero-order valence-electron chi connectivity index (χ0n) is 12.4. The van der Waals surface area contributed by atoms with Gasteiger partial charge in [0, 0.05) is 49.5 Å². The molecule has 0 saturated heterocycles. The molecule has 2 aromatic heterocycles. The average molecular weight is 295 g/mol. The van der Waals surface area contributed by atoms with Crippen molar-refractivity contribution in [2.24, 2.45) is 0 Å². The van der Waals surface area contributed by atoms with Gasteiger partial charge >= 0.3 is 0 Å². The van der Waals surface area contributed by atoms with Gasteiger partial charge in [-0.15, -0.1) is 0 Å². The van der Waals surface area contributed by atoms with Crippen molar-refractivity contribution < 1.29 is 4.74 Å². The zero-order valence-corrected chi connectivity index (χ0v) is 13.2. The summed E-state index contributed by atoms with van der Waals surface area (Å²) in [5.41, 5.74) is -0.0318. The smallest absolute Gasteiger partial charge is 0.208 e. The molecule has 0 aliphatic heterocycles. The van der Waals surface area contributed by atoms with Crippen molar-refractivity contribution >= 4 is 22.5 Å². The van der Waals surface area contributed by atoms with E-state index in [0.717, 1.165) is 36.3 Å². The van der Waals surface area contributed by atoms with Gasteiger partial charge in [-0.05, 0) is 6.42 Å². The third-order valence-corrected chi connectivity index (χ3v) is 3.34. The molecule has 0 aliphatic carbocycles. The summed E-state index contributed by atoms with van der Waals surface area (Å²) in [6.45, 7) is 7.89. The number of aryl methyl sites for hydroxylation is 1. The fourth-order valence-corrected chi connectivity index (χ4v) is 2.38. The second-order valence-corrected chi connectivity index (χ2v) is 6.36. The number of nitrogens with one attached hydrogen (secondary N) is 1. The summed E-state index contributed by atoms with van der Waals surface area (Å²) >= 11 is 1.36. The molecule has 1 N–H and O–H groups in total. The summed E-state index contributed by atoms with van der Waals surface area (Å²) in [5.74, 6) is 1.64. The molecule has 0 amide bonds. The Morgan fingerprint density at radius 2 is 2.20 bits per heavy atom. The molecule has 0 fully saturated rings. The molecule has 7 heteroatoms. The number of nitrogens with zero attached hydrogens (tertiary/aromatic N) is 4. The lowest BCUT2D eigenvalue weighted by molar-refractivity contribution is 0.189. The zero-order chi connectivity index (χ0) is 14.6. The maximum absolute atomic E-state index is 5.03. The first-order chi connectivity index (χ1) is 9.49. The lowest BCUT2D eigenvalue weighted by atomic mass is 9.96. The Balaban J connectivity index is 1.95. The number of aromatic nitrogens is 4. The van der Waals surface area contributed by atoms with Crippen molar-refractivity contribution in [3.63, 3.8) is 0 Å². The molecule has 6 nitrogen and oxygen atoms in total. The number of methoxy groups -OCH3 is 1. The minimum absolute atomic E-state index is 0.0318. The normalized spacial score (nSPS) is 11.8. The summed E-state index contributed by atoms with van der Waals surface area (Å²) in [5, 5.41) is 8.40. The first-order valence-corrected chi connectivity index (χ1v) is 7.40. The third-order valence-electron chi connectivity index (χ3n) is 2.71.